The topological polar surface area (TPSA) is 78.9 Å². The van der Waals surface area contributed by atoms with Gasteiger partial charge in [0.2, 0.25) is 0 Å². The highest BCUT2D eigenvalue weighted by Gasteiger charge is 2.19. The van der Waals surface area contributed by atoms with Crippen molar-refractivity contribution in [1.82, 2.24) is 0 Å². The maximum atomic E-state index is 12.8. The normalized spacial score (nSPS) is 12.6. The number of rotatable bonds is 46. The van der Waals surface area contributed by atoms with Gasteiger partial charge in [0.15, 0.2) is 6.10 Å². The van der Waals surface area contributed by atoms with Crippen molar-refractivity contribution in [3.63, 3.8) is 0 Å². The number of ether oxygens (including phenoxy) is 3. The SMILES string of the molecule is CC\C=C/C=C\C=C/C=C\C=C/CCCCCC(=O)OC(COC(=O)CCCCCCC/C=C\CCCCC)COC(=O)CCCCCCCCCCCCCCCCCCC. The van der Waals surface area contributed by atoms with Gasteiger partial charge in [0.05, 0.1) is 0 Å². The molecule has 0 radical (unpaired) electrons. The molecule has 1 unspecified atom stereocenters. The lowest BCUT2D eigenvalue weighted by atomic mass is 10.0. The molecular weight excluding hydrogens is 769 g/mol. The van der Waals surface area contributed by atoms with Crippen LogP contribution >= 0.6 is 0 Å². The minimum absolute atomic E-state index is 0.0937. The van der Waals surface area contributed by atoms with E-state index in [4.69, 9.17) is 14.2 Å². The summed E-state index contributed by atoms with van der Waals surface area (Å²) in [5.74, 6) is -0.942. The van der Waals surface area contributed by atoms with E-state index in [1.54, 1.807) is 0 Å². The number of unbranched alkanes of at least 4 members (excludes halogenated alkanes) is 27. The first-order valence-corrected chi connectivity index (χ1v) is 26.0. The van der Waals surface area contributed by atoms with Gasteiger partial charge >= 0.3 is 17.9 Å². The van der Waals surface area contributed by atoms with E-state index in [0.717, 1.165) is 70.6 Å². The van der Waals surface area contributed by atoms with Crippen LogP contribution in [0.3, 0.4) is 0 Å². The van der Waals surface area contributed by atoms with Crippen LogP contribution in [0, 0.1) is 0 Å². The average molecular weight is 865 g/mol. The highest BCUT2D eigenvalue weighted by Crippen LogP contribution is 2.15. The third kappa shape index (κ3) is 47.9. The number of esters is 3. The second-order valence-corrected chi connectivity index (χ2v) is 17.2. The number of carbonyl (C=O) groups excluding carboxylic acids is 3. The molecule has 0 rings (SSSR count). The molecule has 0 aromatic heterocycles. The van der Waals surface area contributed by atoms with Gasteiger partial charge in [-0.05, 0) is 64.2 Å². The van der Waals surface area contributed by atoms with Gasteiger partial charge in [-0.25, -0.2) is 0 Å². The first-order valence-electron chi connectivity index (χ1n) is 26.0. The summed E-state index contributed by atoms with van der Waals surface area (Å²) in [4.78, 5) is 38.0. The first-order chi connectivity index (χ1) is 30.5. The van der Waals surface area contributed by atoms with Crippen LogP contribution in [0.15, 0.2) is 72.9 Å². The van der Waals surface area contributed by atoms with Crippen LogP contribution in [0.1, 0.15) is 245 Å². The molecule has 0 fully saturated rings. The third-order valence-electron chi connectivity index (χ3n) is 11.1. The van der Waals surface area contributed by atoms with Gasteiger partial charge in [0, 0.05) is 19.3 Å². The molecule has 1 atom stereocenters. The van der Waals surface area contributed by atoms with Gasteiger partial charge in [0.1, 0.15) is 13.2 Å². The summed E-state index contributed by atoms with van der Waals surface area (Å²) in [6.45, 7) is 6.44. The fourth-order valence-electron chi connectivity index (χ4n) is 7.16. The Kier molecular flexibility index (Phi) is 47.9. The molecule has 0 saturated carbocycles. The molecule has 0 aliphatic heterocycles. The molecule has 356 valence electrons. The van der Waals surface area contributed by atoms with E-state index >= 15 is 0 Å². The Morgan fingerprint density at radius 2 is 0.645 bits per heavy atom. The Morgan fingerprint density at radius 1 is 0.339 bits per heavy atom. The fourth-order valence-corrected chi connectivity index (χ4v) is 7.16. The van der Waals surface area contributed by atoms with E-state index in [0.29, 0.717) is 19.3 Å². The van der Waals surface area contributed by atoms with Gasteiger partial charge in [0.25, 0.3) is 0 Å². The molecule has 0 aliphatic carbocycles. The second kappa shape index (κ2) is 50.5. The Labute approximate surface area is 382 Å². The van der Waals surface area contributed by atoms with Crippen molar-refractivity contribution in [2.75, 3.05) is 13.2 Å². The van der Waals surface area contributed by atoms with Crippen LogP contribution < -0.4 is 0 Å². The molecular formula is C56H96O6. The number of hydrogen-bond acceptors (Lipinski definition) is 6. The van der Waals surface area contributed by atoms with Crippen LogP contribution in [-0.4, -0.2) is 37.2 Å². The molecule has 0 aromatic carbocycles. The molecule has 0 amide bonds. The summed E-state index contributed by atoms with van der Waals surface area (Å²) in [5.41, 5.74) is 0. The van der Waals surface area contributed by atoms with Gasteiger partial charge in [-0.2, -0.15) is 0 Å². The standard InChI is InChI=1S/C56H96O6/c1-4-7-10-13-16-19-22-25-27-28-30-31-34-37-40-43-46-49-55(58)61-52-53(51-60-54(57)48-45-42-39-36-33-24-21-18-15-12-9-6-3)62-56(59)50-47-44-41-38-35-32-29-26-23-20-17-14-11-8-5-2/h8,11,14,17-18,20-21,23,26,29,32,35,53H,4-7,9-10,12-13,15-16,19,22,24-25,27-28,30-31,33-34,36-52H2,1-3H3/b11-8-,17-14-,21-18-,23-20-,29-26-,35-32-. The average Bonchev–Trinajstić information content (AvgIpc) is 3.27. The Morgan fingerprint density at radius 3 is 1.08 bits per heavy atom. The molecule has 0 bridgehead atoms. The monoisotopic (exact) mass is 865 g/mol. The van der Waals surface area contributed by atoms with Crippen LogP contribution in [0.4, 0.5) is 0 Å². The summed E-state index contributed by atoms with van der Waals surface area (Å²) < 4.78 is 16.8. The predicted octanol–water partition coefficient (Wildman–Crippen LogP) is 17.0. The van der Waals surface area contributed by atoms with Crippen LogP contribution in [0.5, 0.6) is 0 Å². The molecule has 6 nitrogen and oxygen atoms in total. The molecule has 0 saturated heterocycles. The van der Waals surface area contributed by atoms with Gasteiger partial charge in [-0.1, -0.05) is 235 Å². The molecule has 0 N–H and O–H groups in total. The largest absolute Gasteiger partial charge is 0.462 e. The molecule has 0 aliphatic rings. The zero-order chi connectivity index (χ0) is 45.1. The highest BCUT2D eigenvalue weighted by atomic mass is 16.6. The highest BCUT2D eigenvalue weighted by molar-refractivity contribution is 5.71. The molecule has 0 spiro atoms. The molecule has 0 heterocycles. The Bertz CT molecular complexity index is 1180. The molecule has 6 heteroatoms. The zero-order valence-electron chi connectivity index (χ0n) is 40.6. The number of hydrogen-bond donors (Lipinski definition) is 0. The van der Waals surface area contributed by atoms with E-state index < -0.39 is 6.10 Å². The second-order valence-electron chi connectivity index (χ2n) is 17.2. The van der Waals surface area contributed by atoms with Crippen molar-refractivity contribution in [3.8, 4) is 0 Å². The van der Waals surface area contributed by atoms with E-state index in [2.05, 4.69) is 45.1 Å². The van der Waals surface area contributed by atoms with Crippen molar-refractivity contribution in [2.24, 2.45) is 0 Å². The smallest absolute Gasteiger partial charge is 0.306 e. The zero-order valence-corrected chi connectivity index (χ0v) is 40.6. The van der Waals surface area contributed by atoms with E-state index in [1.807, 2.05) is 48.6 Å². The Hall–Kier alpha value is -3.15. The van der Waals surface area contributed by atoms with Crippen molar-refractivity contribution in [3.05, 3.63) is 72.9 Å². The summed E-state index contributed by atoms with van der Waals surface area (Å²) in [6.07, 6.45) is 63.1. The summed E-state index contributed by atoms with van der Waals surface area (Å²) in [5, 5.41) is 0. The fraction of sp³-hybridized carbons (Fsp3) is 0.732. The van der Waals surface area contributed by atoms with Crippen molar-refractivity contribution in [1.29, 1.82) is 0 Å². The lowest BCUT2D eigenvalue weighted by Gasteiger charge is -2.18. The van der Waals surface area contributed by atoms with E-state index in [9.17, 15) is 14.4 Å². The van der Waals surface area contributed by atoms with Gasteiger partial charge < -0.3 is 14.2 Å². The molecule has 0 aromatic rings. The van der Waals surface area contributed by atoms with E-state index in [1.165, 1.54) is 128 Å². The van der Waals surface area contributed by atoms with Crippen molar-refractivity contribution in [2.45, 2.75) is 252 Å². The summed E-state index contributed by atoms with van der Waals surface area (Å²) in [7, 11) is 0. The van der Waals surface area contributed by atoms with Crippen molar-refractivity contribution < 1.29 is 28.6 Å². The van der Waals surface area contributed by atoms with Crippen LogP contribution in [0.25, 0.3) is 0 Å². The lowest BCUT2D eigenvalue weighted by molar-refractivity contribution is -0.167. The Balaban J connectivity index is 4.43. The van der Waals surface area contributed by atoms with Crippen LogP contribution in [-0.2, 0) is 28.6 Å². The van der Waals surface area contributed by atoms with Gasteiger partial charge in [-0.15, -0.1) is 0 Å². The predicted molar refractivity (Wildman–Crippen MR) is 265 cm³/mol. The quantitative estimate of drug-likeness (QED) is 0.0199. The van der Waals surface area contributed by atoms with Gasteiger partial charge in [-0.3, -0.25) is 14.4 Å². The molecule has 62 heavy (non-hydrogen) atoms. The maximum absolute atomic E-state index is 12.8. The maximum Gasteiger partial charge on any atom is 0.306 e. The summed E-state index contributed by atoms with van der Waals surface area (Å²) >= 11 is 0. The number of allylic oxidation sites excluding steroid dienone is 12. The minimum Gasteiger partial charge on any atom is -0.462 e. The third-order valence-corrected chi connectivity index (χ3v) is 11.1. The van der Waals surface area contributed by atoms with E-state index in [-0.39, 0.29) is 37.5 Å². The van der Waals surface area contributed by atoms with Crippen LogP contribution in [0.2, 0.25) is 0 Å². The van der Waals surface area contributed by atoms with Crippen molar-refractivity contribution >= 4 is 17.9 Å². The lowest BCUT2D eigenvalue weighted by Crippen LogP contribution is -2.30. The minimum atomic E-state index is -0.798. The first kappa shape index (κ1) is 58.9. The number of carbonyl (C=O) groups is 3. The summed E-state index contributed by atoms with van der Waals surface area (Å²) in [6, 6.07) is 0.